The standard InChI is InChI=1S/C12H17NO/c1-12(13)8-7-11(12)14-9-10-5-3-2-4-6-10/h2-6,11H,7-9,13H2,1H3/t11?,12-/m0/s1. The lowest BCUT2D eigenvalue weighted by atomic mass is 9.76. The van der Waals surface area contributed by atoms with Crippen LogP contribution in [0.5, 0.6) is 0 Å². The van der Waals surface area contributed by atoms with Crippen LogP contribution in [0.25, 0.3) is 0 Å². The Bertz CT molecular complexity index is 294. The number of ether oxygens (including phenoxy) is 1. The first kappa shape index (κ1) is 9.69. The van der Waals surface area contributed by atoms with Crippen LogP contribution in [-0.2, 0) is 11.3 Å². The van der Waals surface area contributed by atoms with E-state index in [2.05, 4.69) is 19.1 Å². The van der Waals surface area contributed by atoms with Gasteiger partial charge in [-0.05, 0) is 25.3 Å². The first-order chi connectivity index (χ1) is 6.68. The molecule has 2 N–H and O–H groups in total. The van der Waals surface area contributed by atoms with Gasteiger partial charge in [-0.2, -0.15) is 0 Å². The Hall–Kier alpha value is -0.860. The smallest absolute Gasteiger partial charge is 0.0757 e. The Morgan fingerprint density at radius 1 is 1.43 bits per heavy atom. The molecular weight excluding hydrogens is 174 g/mol. The number of hydrogen-bond donors (Lipinski definition) is 1. The molecule has 1 aromatic carbocycles. The normalized spacial score (nSPS) is 31.1. The first-order valence-electron chi connectivity index (χ1n) is 5.13. The Balaban J connectivity index is 1.84. The lowest BCUT2D eigenvalue weighted by Crippen LogP contribution is -2.57. The molecule has 1 saturated carbocycles. The molecule has 76 valence electrons. The van der Waals surface area contributed by atoms with Gasteiger partial charge in [-0.3, -0.25) is 0 Å². The van der Waals surface area contributed by atoms with Gasteiger partial charge in [0.25, 0.3) is 0 Å². The van der Waals surface area contributed by atoms with Crippen molar-refractivity contribution in [3.8, 4) is 0 Å². The van der Waals surface area contributed by atoms with Crippen molar-refractivity contribution in [2.75, 3.05) is 0 Å². The van der Waals surface area contributed by atoms with Gasteiger partial charge in [0.2, 0.25) is 0 Å². The highest BCUT2D eigenvalue weighted by molar-refractivity contribution is 5.13. The van der Waals surface area contributed by atoms with Gasteiger partial charge in [0.05, 0.1) is 12.7 Å². The van der Waals surface area contributed by atoms with Crippen LogP contribution in [0.2, 0.25) is 0 Å². The van der Waals surface area contributed by atoms with Crippen molar-refractivity contribution < 1.29 is 4.74 Å². The van der Waals surface area contributed by atoms with E-state index in [1.54, 1.807) is 0 Å². The molecule has 1 aliphatic rings. The number of nitrogens with two attached hydrogens (primary N) is 1. The van der Waals surface area contributed by atoms with Gasteiger partial charge in [0.15, 0.2) is 0 Å². The quantitative estimate of drug-likeness (QED) is 0.794. The molecule has 2 atom stereocenters. The van der Waals surface area contributed by atoms with E-state index in [1.807, 2.05) is 18.2 Å². The van der Waals surface area contributed by atoms with E-state index < -0.39 is 0 Å². The van der Waals surface area contributed by atoms with E-state index in [1.165, 1.54) is 5.56 Å². The largest absolute Gasteiger partial charge is 0.372 e. The first-order valence-corrected chi connectivity index (χ1v) is 5.13. The van der Waals surface area contributed by atoms with Gasteiger partial charge in [0.1, 0.15) is 0 Å². The number of hydrogen-bond acceptors (Lipinski definition) is 2. The predicted molar refractivity (Wildman–Crippen MR) is 56.8 cm³/mol. The molecule has 0 radical (unpaired) electrons. The van der Waals surface area contributed by atoms with Gasteiger partial charge in [-0.25, -0.2) is 0 Å². The van der Waals surface area contributed by atoms with Crippen LogP contribution in [0.3, 0.4) is 0 Å². The van der Waals surface area contributed by atoms with Crippen LogP contribution in [0.4, 0.5) is 0 Å². The van der Waals surface area contributed by atoms with E-state index in [9.17, 15) is 0 Å². The lowest BCUT2D eigenvalue weighted by molar-refractivity contribution is -0.0642. The maximum atomic E-state index is 6.00. The van der Waals surface area contributed by atoms with Crippen LogP contribution in [0.15, 0.2) is 30.3 Å². The average Bonchev–Trinajstić information content (AvgIpc) is 2.18. The summed E-state index contributed by atoms with van der Waals surface area (Å²) in [7, 11) is 0. The van der Waals surface area contributed by atoms with Crippen LogP contribution < -0.4 is 5.73 Å². The summed E-state index contributed by atoms with van der Waals surface area (Å²) in [6.45, 7) is 2.74. The highest BCUT2D eigenvalue weighted by atomic mass is 16.5. The maximum Gasteiger partial charge on any atom is 0.0757 e. The van der Waals surface area contributed by atoms with Gasteiger partial charge in [0, 0.05) is 5.54 Å². The van der Waals surface area contributed by atoms with Crippen molar-refractivity contribution in [3.05, 3.63) is 35.9 Å². The molecule has 0 heterocycles. The minimum absolute atomic E-state index is 0.102. The molecule has 2 heteroatoms. The second-order valence-electron chi connectivity index (χ2n) is 4.33. The number of rotatable bonds is 3. The summed E-state index contributed by atoms with van der Waals surface area (Å²) >= 11 is 0. The Morgan fingerprint density at radius 2 is 2.14 bits per heavy atom. The molecular formula is C12H17NO. The summed E-state index contributed by atoms with van der Waals surface area (Å²) in [4.78, 5) is 0. The Morgan fingerprint density at radius 3 is 2.64 bits per heavy atom. The fourth-order valence-electron chi connectivity index (χ4n) is 1.76. The zero-order chi connectivity index (χ0) is 10.0. The van der Waals surface area contributed by atoms with E-state index >= 15 is 0 Å². The van der Waals surface area contributed by atoms with E-state index in [-0.39, 0.29) is 11.6 Å². The topological polar surface area (TPSA) is 35.2 Å². The van der Waals surface area contributed by atoms with Gasteiger partial charge in [-0.15, -0.1) is 0 Å². The van der Waals surface area contributed by atoms with Gasteiger partial charge >= 0.3 is 0 Å². The molecule has 0 aliphatic heterocycles. The minimum Gasteiger partial charge on any atom is -0.372 e. The molecule has 1 fully saturated rings. The third-order valence-electron chi connectivity index (χ3n) is 2.97. The highest BCUT2D eigenvalue weighted by Crippen LogP contribution is 2.32. The fraction of sp³-hybridized carbons (Fsp3) is 0.500. The molecule has 0 spiro atoms. The molecule has 0 saturated heterocycles. The summed E-state index contributed by atoms with van der Waals surface area (Å²) < 4.78 is 5.75. The fourth-order valence-corrected chi connectivity index (χ4v) is 1.76. The third-order valence-corrected chi connectivity index (χ3v) is 2.97. The molecule has 0 amide bonds. The SMILES string of the molecule is C[C@]1(N)CCC1OCc1ccccc1. The van der Waals surface area contributed by atoms with Crippen LogP contribution in [-0.4, -0.2) is 11.6 Å². The van der Waals surface area contributed by atoms with Crippen LogP contribution in [0.1, 0.15) is 25.3 Å². The van der Waals surface area contributed by atoms with E-state index in [0.29, 0.717) is 6.61 Å². The van der Waals surface area contributed by atoms with Crippen molar-refractivity contribution in [2.45, 2.75) is 38.0 Å². The monoisotopic (exact) mass is 191 g/mol. The summed E-state index contributed by atoms with van der Waals surface area (Å²) in [6, 6.07) is 10.2. The summed E-state index contributed by atoms with van der Waals surface area (Å²) in [6.07, 6.45) is 2.41. The van der Waals surface area contributed by atoms with Crippen molar-refractivity contribution in [1.82, 2.24) is 0 Å². The average molecular weight is 191 g/mol. The second kappa shape index (κ2) is 3.71. The predicted octanol–water partition coefficient (Wildman–Crippen LogP) is 2.08. The highest BCUT2D eigenvalue weighted by Gasteiger charge is 2.39. The maximum absolute atomic E-state index is 6.00. The molecule has 1 unspecified atom stereocenters. The lowest BCUT2D eigenvalue weighted by Gasteiger charge is -2.43. The van der Waals surface area contributed by atoms with E-state index in [4.69, 9.17) is 10.5 Å². The molecule has 2 nitrogen and oxygen atoms in total. The Labute approximate surface area is 85.1 Å². The molecule has 1 aliphatic carbocycles. The summed E-state index contributed by atoms with van der Waals surface area (Å²) in [5.74, 6) is 0. The van der Waals surface area contributed by atoms with Gasteiger partial charge < -0.3 is 10.5 Å². The molecule has 1 aromatic rings. The molecule has 0 aromatic heterocycles. The molecule has 2 rings (SSSR count). The van der Waals surface area contributed by atoms with Crippen molar-refractivity contribution in [3.63, 3.8) is 0 Å². The number of benzene rings is 1. The van der Waals surface area contributed by atoms with E-state index in [0.717, 1.165) is 12.8 Å². The third kappa shape index (κ3) is 1.97. The van der Waals surface area contributed by atoms with Crippen molar-refractivity contribution in [2.24, 2.45) is 5.73 Å². The van der Waals surface area contributed by atoms with Crippen molar-refractivity contribution in [1.29, 1.82) is 0 Å². The summed E-state index contributed by atoms with van der Waals surface area (Å²) in [5.41, 5.74) is 7.12. The van der Waals surface area contributed by atoms with Crippen LogP contribution in [0, 0.1) is 0 Å². The second-order valence-corrected chi connectivity index (χ2v) is 4.33. The zero-order valence-corrected chi connectivity index (χ0v) is 8.57. The molecule has 14 heavy (non-hydrogen) atoms. The Kier molecular flexibility index (Phi) is 2.57. The van der Waals surface area contributed by atoms with Gasteiger partial charge in [-0.1, -0.05) is 30.3 Å². The summed E-state index contributed by atoms with van der Waals surface area (Å²) in [5, 5.41) is 0. The molecule has 0 bridgehead atoms. The van der Waals surface area contributed by atoms with Crippen molar-refractivity contribution >= 4 is 0 Å². The zero-order valence-electron chi connectivity index (χ0n) is 8.57. The van der Waals surface area contributed by atoms with Crippen LogP contribution >= 0.6 is 0 Å². The minimum atomic E-state index is -0.102.